The Morgan fingerprint density at radius 1 is 1.57 bits per heavy atom. The minimum Gasteiger partial charge on any atom is -0.477 e. The van der Waals surface area contributed by atoms with E-state index >= 15 is 0 Å². The molecule has 23 heavy (non-hydrogen) atoms. The van der Waals surface area contributed by atoms with Gasteiger partial charge in [0.15, 0.2) is 0 Å². The van der Waals surface area contributed by atoms with Crippen LogP contribution in [-0.4, -0.2) is 39.8 Å². The average molecular weight is 320 g/mol. The number of halogens is 1. The van der Waals surface area contributed by atoms with Gasteiger partial charge in [-0.3, -0.25) is 4.79 Å². The first-order valence-corrected chi connectivity index (χ1v) is 7.40. The molecule has 0 radical (unpaired) electrons. The third-order valence-electron chi connectivity index (χ3n) is 4.09. The van der Waals surface area contributed by atoms with E-state index in [0.29, 0.717) is 31.9 Å². The van der Waals surface area contributed by atoms with Crippen molar-refractivity contribution in [3.05, 3.63) is 33.9 Å². The molecule has 0 bridgehead atoms. The van der Waals surface area contributed by atoms with Crippen LogP contribution in [0.5, 0.6) is 0 Å². The Balaban J connectivity index is 2.41. The molecule has 3 heterocycles. The maximum Gasteiger partial charge on any atom is 0.343 e. The number of carboxylic acids is 1. The largest absolute Gasteiger partial charge is 0.477 e. The van der Waals surface area contributed by atoms with Crippen molar-refractivity contribution in [1.82, 2.24) is 9.55 Å². The number of rotatable bonds is 3. The van der Waals surface area contributed by atoms with Crippen molar-refractivity contribution in [1.29, 1.82) is 0 Å². The maximum absolute atomic E-state index is 13.5. The summed E-state index contributed by atoms with van der Waals surface area (Å²) in [5.41, 5.74) is 5.10. The summed E-state index contributed by atoms with van der Waals surface area (Å²) in [6.45, 7) is 3.25. The van der Waals surface area contributed by atoms with Crippen LogP contribution in [0.2, 0.25) is 0 Å². The Bertz CT molecular complexity index is 849. The molecule has 8 heteroatoms. The summed E-state index contributed by atoms with van der Waals surface area (Å²) in [4.78, 5) is 30.1. The number of aromatic carboxylic acids is 1. The molecular formula is C15H17FN4O3. The zero-order valence-corrected chi connectivity index (χ0v) is 12.6. The molecule has 122 valence electrons. The number of aromatic nitrogens is 2. The minimum absolute atomic E-state index is 0.0310. The molecule has 1 aliphatic rings. The molecule has 0 aliphatic carbocycles. The number of carbonyl (C=O) groups is 1. The van der Waals surface area contributed by atoms with Gasteiger partial charge >= 0.3 is 5.97 Å². The van der Waals surface area contributed by atoms with E-state index in [9.17, 15) is 19.1 Å². The summed E-state index contributed by atoms with van der Waals surface area (Å²) >= 11 is 0. The SMILES string of the molecule is CCn1c(N2CCC(N)C2)c(C(=O)O)c(=O)c2cc(F)cnc21. The average Bonchev–Trinajstić information content (AvgIpc) is 2.93. The molecular weight excluding hydrogens is 303 g/mol. The second-order valence-electron chi connectivity index (χ2n) is 5.60. The molecule has 1 fully saturated rings. The summed E-state index contributed by atoms with van der Waals surface area (Å²) in [5.74, 6) is -1.71. The highest BCUT2D eigenvalue weighted by Gasteiger charge is 2.30. The van der Waals surface area contributed by atoms with Gasteiger partial charge in [-0.2, -0.15) is 0 Å². The van der Waals surface area contributed by atoms with E-state index < -0.39 is 17.2 Å². The molecule has 0 aromatic carbocycles. The first kappa shape index (κ1) is 15.4. The van der Waals surface area contributed by atoms with Gasteiger partial charge in [-0.05, 0) is 19.4 Å². The number of pyridine rings is 2. The zero-order valence-electron chi connectivity index (χ0n) is 12.6. The predicted octanol–water partition coefficient (Wildman–Crippen LogP) is 0.791. The van der Waals surface area contributed by atoms with Crippen molar-refractivity contribution >= 4 is 22.8 Å². The van der Waals surface area contributed by atoms with Crippen molar-refractivity contribution in [2.75, 3.05) is 18.0 Å². The second-order valence-corrected chi connectivity index (χ2v) is 5.60. The van der Waals surface area contributed by atoms with Crippen LogP contribution < -0.4 is 16.1 Å². The normalized spacial score (nSPS) is 17.9. The fraction of sp³-hybridized carbons (Fsp3) is 0.400. The van der Waals surface area contributed by atoms with Gasteiger partial charge in [0.05, 0.1) is 11.6 Å². The van der Waals surface area contributed by atoms with Gasteiger partial charge in [0.2, 0.25) is 5.43 Å². The van der Waals surface area contributed by atoms with Gasteiger partial charge < -0.3 is 20.3 Å². The highest BCUT2D eigenvalue weighted by molar-refractivity contribution is 5.98. The van der Waals surface area contributed by atoms with E-state index in [1.54, 1.807) is 9.47 Å². The zero-order chi connectivity index (χ0) is 16.7. The van der Waals surface area contributed by atoms with Gasteiger partial charge in [0, 0.05) is 25.7 Å². The number of hydrogen-bond donors (Lipinski definition) is 2. The van der Waals surface area contributed by atoms with E-state index in [1.165, 1.54) is 0 Å². The Morgan fingerprint density at radius 3 is 2.87 bits per heavy atom. The third kappa shape index (κ3) is 2.44. The molecule has 0 spiro atoms. The van der Waals surface area contributed by atoms with Crippen molar-refractivity contribution in [3.63, 3.8) is 0 Å². The van der Waals surface area contributed by atoms with Gasteiger partial charge in [-0.15, -0.1) is 0 Å². The molecule has 2 aromatic heterocycles. The smallest absolute Gasteiger partial charge is 0.343 e. The Labute approximate surface area is 131 Å². The van der Waals surface area contributed by atoms with E-state index in [-0.39, 0.29) is 22.6 Å². The lowest BCUT2D eigenvalue weighted by atomic mass is 10.1. The van der Waals surface area contributed by atoms with E-state index in [1.807, 2.05) is 6.92 Å². The summed E-state index contributed by atoms with van der Waals surface area (Å²) in [6, 6.07) is 0.955. The van der Waals surface area contributed by atoms with Crippen molar-refractivity contribution < 1.29 is 14.3 Å². The molecule has 1 unspecified atom stereocenters. The van der Waals surface area contributed by atoms with Crippen LogP contribution in [0.25, 0.3) is 11.0 Å². The monoisotopic (exact) mass is 320 g/mol. The number of hydrogen-bond acceptors (Lipinski definition) is 5. The standard InChI is InChI=1S/C15H17FN4O3/c1-2-20-13-10(5-8(16)6-18-13)12(21)11(15(22)23)14(20)19-4-3-9(17)7-19/h5-6,9H,2-4,7,17H2,1H3,(H,22,23). The molecule has 0 amide bonds. The molecule has 3 rings (SSSR count). The second kappa shape index (κ2) is 5.62. The third-order valence-corrected chi connectivity index (χ3v) is 4.09. The Hall–Kier alpha value is -2.48. The first-order chi connectivity index (χ1) is 10.9. The van der Waals surface area contributed by atoms with Crippen LogP contribution >= 0.6 is 0 Å². The molecule has 1 saturated heterocycles. The number of nitrogens with two attached hydrogens (primary N) is 1. The van der Waals surface area contributed by atoms with Crippen molar-refractivity contribution in [3.8, 4) is 0 Å². The van der Waals surface area contributed by atoms with E-state index in [4.69, 9.17) is 5.73 Å². The quantitative estimate of drug-likeness (QED) is 0.867. The summed E-state index contributed by atoms with van der Waals surface area (Å²) < 4.78 is 15.1. The number of nitrogens with zero attached hydrogens (tertiary/aromatic N) is 3. The molecule has 2 aromatic rings. The fourth-order valence-electron chi connectivity index (χ4n) is 3.09. The topological polar surface area (TPSA) is 101 Å². The van der Waals surface area contributed by atoms with Gasteiger partial charge in [0.1, 0.15) is 22.8 Å². The molecule has 0 saturated carbocycles. The summed E-state index contributed by atoms with van der Waals surface area (Å²) in [6.07, 6.45) is 1.74. The van der Waals surface area contributed by atoms with Crippen molar-refractivity contribution in [2.45, 2.75) is 25.9 Å². The van der Waals surface area contributed by atoms with Crippen LogP contribution in [0, 0.1) is 5.82 Å². The lowest BCUT2D eigenvalue weighted by Crippen LogP contribution is -2.33. The molecule has 3 N–H and O–H groups in total. The maximum atomic E-state index is 13.5. The highest BCUT2D eigenvalue weighted by atomic mass is 19.1. The molecule has 1 atom stereocenters. The lowest BCUT2D eigenvalue weighted by Gasteiger charge is -2.25. The molecule has 7 nitrogen and oxygen atoms in total. The Kier molecular flexibility index (Phi) is 3.77. The fourth-order valence-corrected chi connectivity index (χ4v) is 3.09. The Morgan fingerprint density at radius 2 is 2.30 bits per heavy atom. The number of carboxylic acid groups (broad SMARTS) is 1. The predicted molar refractivity (Wildman–Crippen MR) is 83.4 cm³/mol. The number of fused-ring (bicyclic) bond motifs is 1. The van der Waals surface area contributed by atoms with Crippen LogP contribution in [0.15, 0.2) is 17.1 Å². The number of anilines is 1. The van der Waals surface area contributed by atoms with E-state index in [2.05, 4.69) is 4.98 Å². The lowest BCUT2D eigenvalue weighted by molar-refractivity contribution is 0.0695. The first-order valence-electron chi connectivity index (χ1n) is 7.40. The van der Waals surface area contributed by atoms with Crippen molar-refractivity contribution in [2.24, 2.45) is 5.73 Å². The minimum atomic E-state index is -1.33. The highest BCUT2D eigenvalue weighted by Crippen LogP contribution is 2.26. The molecule has 1 aliphatic heterocycles. The summed E-state index contributed by atoms with van der Waals surface area (Å²) in [5, 5.41) is 9.51. The van der Waals surface area contributed by atoms with Gasteiger partial charge in [-0.25, -0.2) is 14.2 Å². The van der Waals surface area contributed by atoms with E-state index in [0.717, 1.165) is 12.3 Å². The van der Waals surface area contributed by atoms with Gasteiger partial charge in [0.25, 0.3) is 0 Å². The van der Waals surface area contributed by atoms with Gasteiger partial charge in [-0.1, -0.05) is 0 Å². The summed E-state index contributed by atoms with van der Waals surface area (Å²) in [7, 11) is 0. The van der Waals surface area contributed by atoms with Crippen LogP contribution in [0.3, 0.4) is 0 Å². The number of aryl methyl sites for hydroxylation is 1. The van der Waals surface area contributed by atoms with Crippen LogP contribution in [-0.2, 0) is 6.54 Å². The van der Waals surface area contributed by atoms with Crippen LogP contribution in [0.4, 0.5) is 10.2 Å². The van der Waals surface area contributed by atoms with Crippen LogP contribution in [0.1, 0.15) is 23.7 Å².